The number of amides is 5. The molecule has 4 aliphatic rings. The van der Waals surface area contributed by atoms with Gasteiger partial charge in [0, 0.05) is 69.1 Å². The number of hydrogen-bond donors (Lipinski definition) is 14. The Hall–Kier alpha value is -3.96. The van der Waals surface area contributed by atoms with Crippen molar-refractivity contribution in [2.24, 2.45) is 0 Å². The number of carbonyl (C=O) groups excluding carboxylic acids is 3. The lowest BCUT2D eigenvalue weighted by molar-refractivity contribution is -0.118. The first-order chi connectivity index (χ1) is 27.9. The molecule has 0 radical (unpaired) electrons. The van der Waals surface area contributed by atoms with Crippen LogP contribution < -0.4 is 73.8 Å². The lowest BCUT2D eigenvalue weighted by atomic mass is 9.96. The number of urea groups is 2. The summed E-state index contributed by atoms with van der Waals surface area (Å²) in [4.78, 5) is 36.9. The van der Waals surface area contributed by atoms with Gasteiger partial charge in [-0.05, 0) is 106 Å². The molecule has 320 valence electrons. The van der Waals surface area contributed by atoms with E-state index in [1.54, 1.807) is 0 Å². The standard InChI is InChI=1S/C38H62N14O5S/c1-23-15-33(49-35(45-23)51-37(54)47-30-7-5-27-20-39-12-9-26(27)17-30)41-10-4-11-44-58(56,57)22-32-19-29-18-31(8-6-28(29)21-43-32)48-38(55)52-36-46-24(2)16-34(50-36)42-14-13-40-25(3)53/h5-8,17-18,23-24,32-36,39,41-46,49-50H,4,9-16,19-22H2,1-3H3,(H,40,53)(H2,47,51,54)(H2,48,52,55). The third-order valence-electron chi connectivity index (χ3n) is 10.6. The monoisotopic (exact) mass is 826 g/mol. The Labute approximate surface area is 341 Å². The van der Waals surface area contributed by atoms with Crippen LogP contribution in [0.4, 0.5) is 21.0 Å². The Morgan fingerprint density at radius 2 is 1.33 bits per heavy atom. The Bertz CT molecular complexity index is 1840. The molecule has 20 heteroatoms. The Kier molecular flexibility index (Phi) is 15.7. The summed E-state index contributed by atoms with van der Waals surface area (Å²) in [6, 6.07) is 11.0. The van der Waals surface area contributed by atoms with Crippen molar-refractivity contribution in [1.29, 1.82) is 0 Å². The first kappa shape index (κ1) is 43.6. The number of nitrogens with one attached hydrogen (secondary N) is 14. The van der Waals surface area contributed by atoms with Crippen LogP contribution in [0.2, 0.25) is 0 Å². The zero-order chi connectivity index (χ0) is 41.1. The minimum absolute atomic E-state index is 0.0472. The molecule has 2 aromatic carbocycles. The Balaban J connectivity index is 0.876. The minimum atomic E-state index is -3.56. The first-order valence-corrected chi connectivity index (χ1v) is 22.1. The fourth-order valence-corrected chi connectivity index (χ4v) is 9.17. The van der Waals surface area contributed by atoms with Crippen molar-refractivity contribution in [1.82, 2.24) is 63.2 Å². The number of benzene rings is 2. The van der Waals surface area contributed by atoms with Crippen LogP contribution in [0.5, 0.6) is 0 Å². The maximum Gasteiger partial charge on any atom is 0.321 e. The predicted molar refractivity (Wildman–Crippen MR) is 224 cm³/mol. The Morgan fingerprint density at radius 3 is 1.97 bits per heavy atom. The van der Waals surface area contributed by atoms with E-state index in [-0.39, 0.29) is 54.2 Å². The summed E-state index contributed by atoms with van der Waals surface area (Å²) in [6.07, 6.45) is 2.59. The van der Waals surface area contributed by atoms with Crippen molar-refractivity contribution in [2.75, 3.05) is 49.1 Å². The summed E-state index contributed by atoms with van der Waals surface area (Å²) in [5, 5.41) is 41.3. The van der Waals surface area contributed by atoms with Gasteiger partial charge in [0.1, 0.15) is 12.6 Å². The summed E-state index contributed by atoms with van der Waals surface area (Å²) in [6.45, 7) is 9.86. The van der Waals surface area contributed by atoms with E-state index in [1.165, 1.54) is 18.1 Å². The van der Waals surface area contributed by atoms with Gasteiger partial charge in [-0.1, -0.05) is 12.1 Å². The molecule has 0 aromatic heterocycles. The number of hydrogen-bond acceptors (Lipinski definition) is 13. The number of rotatable bonds is 16. The molecule has 14 N–H and O–H groups in total. The highest BCUT2D eigenvalue weighted by atomic mass is 32.2. The van der Waals surface area contributed by atoms with Crippen molar-refractivity contribution in [3.05, 3.63) is 58.7 Å². The molecule has 6 rings (SSSR count). The second-order valence-electron chi connectivity index (χ2n) is 15.7. The second-order valence-corrected chi connectivity index (χ2v) is 17.6. The van der Waals surface area contributed by atoms with Crippen LogP contribution in [0, 0.1) is 0 Å². The van der Waals surface area contributed by atoms with Gasteiger partial charge in [-0.3, -0.25) is 26.1 Å². The molecule has 0 aliphatic carbocycles. The summed E-state index contributed by atoms with van der Waals surface area (Å²) in [5.74, 6) is -0.147. The van der Waals surface area contributed by atoms with Gasteiger partial charge in [-0.15, -0.1) is 0 Å². The second kappa shape index (κ2) is 20.8. The van der Waals surface area contributed by atoms with Crippen molar-refractivity contribution < 1.29 is 22.8 Å². The summed E-state index contributed by atoms with van der Waals surface area (Å²) in [5.41, 5.74) is 5.92. The number of fused-ring (bicyclic) bond motifs is 2. The molecule has 2 aromatic rings. The molecule has 2 fully saturated rings. The third kappa shape index (κ3) is 13.8. The number of sulfonamides is 1. The molecule has 19 nitrogen and oxygen atoms in total. The molecule has 58 heavy (non-hydrogen) atoms. The first-order valence-electron chi connectivity index (χ1n) is 20.4. The van der Waals surface area contributed by atoms with Crippen LogP contribution in [-0.4, -0.2) is 108 Å². The van der Waals surface area contributed by atoms with Crippen molar-refractivity contribution >= 4 is 39.4 Å². The van der Waals surface area contributed by atoms with Crippen LogP contribution in [-0.2, 0) is 40.7 Å². The smallest absolute Gasteiger partial charge is 0.321 e. The van der Waals surface area contributed by atoms with Gasteiger partial charge in [-0.2, -0.15) is 0 Å². The quantitative estimate of drug-likeness (QED) is 0.0916. The molecule has 4 aliphatic heterocycles. The topological polar surface area (TPSA) is 254 Å². The van der Waals surface area contributed by atoms with Crippen LogP contribution >= 0.6 is 0 Å². The molecule has 0 spiro atoms. The molecule has 4 heterocycles. The maximum atomic E-state index is 13.1. The average Bonchev–Trinajstić information content (AvgIpc) is 3.15. The minimum Gasteiger partial charge on any atom is -0.355 e. The van der Waals surface area contributed by atoms with E-state index in [0.29, 0.717) is 51.3 Å². The molecule has 0 saturated carbocycles. The van der Waals surface area contributed by atoms with E-state index >= 15 is 0 Å². The van der Waals surface area contributed by atoms with Gasteiger partial charge >= 0.3 is 12.1 Å². The van der Waals surface area contributed by atoms with Gasteiger partial charge in [0.2, 0.25) is 15.9 Å². The van der Waals surface area contributed by atoms with Gasteiger partial charge in [0.05, 0.1) is 18.1 Å². The fourth-order valence-electron chi connectivity index (χ4n) is 7.83. The summed E-state index contributed by atoms with van der Waals surface area (Å²) < 4.78 is 28.9. The highest BCUT2D eigenvalue weighted by molar-refractivity contribution is 7.89. The number of carbonyl (C=O) groups is 3. The van der Waals surface area contributed by atoms with Crippen molar-refractivity contribution in [2.45, 2.75) is 109 Å². The van der Waals surface area contributed by atoms with E-state index in [1.807, 2.05) is 43.3 Å². The molecule has 7 unspecified atom stereocenters. The van der Waals surface area contributed by atoms with E-state index in [0.717, 1.165) is 49.2 Å². The molecule has 0 bridgehead atoms. The van der Waals surface area contributed by atoms with E-state index in [4.69, 9.17) is 0 Å². The van der Waals surface area contributed by atoms with Crippen molar-refractivity contribution in [3.63, 3.8) is 0 Å². The lowest BCUT2D eigenvalue weighted by Crippen LogP contribution is -2.68. The predicted octanol–water partition coefficient (Wildman–Crippen LogP) is -0.923. The maximum absolute atomic E-state index is 13.1. The van der Waals surface area contributed by atoms with E-state index in [2.05, 4.69) is 80.8 Å². The largest absolute Gasteiger partial charge is 0.355 e. The lowest BCUT2D eigenvalue weighted by Gasteiger charge is -2.37. The van der Waals surface area contributed by atoms with E-state index in [9.17, 15) is 22.8 Å². The summed E-state index contributed by atoms with van der Waals surface area (Å²) in [7, 11) is -3.56. The fraction of sp³-hybridized carbons (Fsp3) is 0.605. The van der Waals surface area contributed by atoms with Crippen LogP contribution in [0.15, 0.2) is 36.4 Å². The third-order valence-corrected chi connectivity index (χ3v) is 12.1. The highest BCUT2D eigenvalue weighted by Gasteiger charge is 2.28. The van der Waals surface area contributed by atoms with Crippen LogP contribution in [0.3, 0.4) is 0 Å². The van der Waals surface area contributed by atoms with Gasteiger partial charge < -0.3 is 47.9 Å². The van der Waals surface area contributed by atoms with Gasteiger partial charge in [0.25, 0.3) is 0 Å². The summed E-state index contributed by atoms with van der Waals surface area (Å²) >= 11 is 0. The van der Waals surface area contributed by atoms with Crippen LogP contribution in [0.25, 0.3) is 0 Å². The Morgan fingerprint density at radius 1 is 0.724 bits per heavy atom. The van der Waals surface area contributed by atoms with Gasteiger partial charge in [0.15, 0.2) is 0 Å². The number of anilines is 2. The molecule has 7 atom stereocenters. The van der Waals surface area contributed by atoms with E-state index < -0.39 is 22.6 Å². The molecular weight excluding hydrogens is 765 g/mol. The average molecular weight is 827 g/mol. The SMILES string of the molecule is CC(=O)NCCNC1CC(C)NC(NC(=O)Nc2ccc3c(c2)CC(CS(=O)(=O)NCCCNC2CC(C)NC(NC(=O)Nc4ccc5c(c4)CCNC5)N2)NC3)N1. The molecular formula is C38H62N14O5S. The van der Waals surface area contributed by atoms with Crippen molar-refractivity contribution in [3.8, 4) is 0 Å². The zero-order valence-corrected chi connectivity index (χ0v) is 34.5. The zero-order valence-electron chi connectivity index (χ0n) is 33.6. The normalized spacial score (nSPS) is 25.7. The van der Waals surface area contributed by atoms with Gasteiger partial charge in [-0.25, -0.2) is 22.7 Å². The highest BCUT2D eigenvalue weighted by Crippen LogP contribution is 2.22. The molecule has 2 saturated heterocycles. The van der Waals surface area contributed by atoms with Crippen LogP contribution in [0.1, 0.15) is 62.3 Å². The molecule has 5 amide bonds.